The van der Waals surface area contributed by atoms with E-state index in [0.29, 0.717) is 0 Å². The molecule has 2 nitrogen and oxygen atoms in total. The number of hydrogen-bond acceptors (Lipinski definition) is 2. The first-order chi connectivity index (χ1) is 3.43. The predicted octanol–water partition coefficient (Wildman–Crippen LogP) is 1.09. The third kappa shape index (κ3) is 6.38. The Bertz CT molecular complexity index is 56.9. The highest BCUT2D eigenvalue weighted by Gasteiger charge is 2.19. The van der Waals surface area contributed by atoms with E-state index in [4.69, 9.17) is 5.84 Å². The molecule has 0 heterocycles. The number of halogens is 2. The molecule has 1 aliphatic rings. The Morgan fingerprint density at radius 2 is 1.89 bits per heavy atom. The van der Waals surface area contributed by atoms with Gasteiger partial charge in [-0.25, -0.2) is 0 Å². The Kier molecular flexibility index (Phi) is 8.97. The van der Waals surface area contributed by atoms with Crippen LogP contribution in [-0.2, 0) is 0 Å². The molecule has 0 aromatic carbocycles. The van der Waals surface area contributed by atoms with Crippen molar-refractivity contribution in [1.29, 1.82) is 0 Å². The maximum absolute atomic E-state index is 5.05. The lowest BCUT2D eigenvalue weighted by molar-refractivity contribution is 0.634. The summed E-state index contributed by atoms with van der Waals surface area (Å²) in [5.41, 5.74) is 2.64. The normalized spacial score (nSPS) is 15.7. The monoisotopic (exact) mass is 172 g/mol. The van der Waals surface area contributed by atoms with Crippen LogP contribution in [0.15, 0.2) is 0 Å². The minimum absolute atomic E-state index is 0. The quantitative estimate of drug-likeness (QED) is 0.495. The molecule has 4 heteroatoms. The molecule has 0 spiro atoms. The SMILES string of the molecule is Cl.Cl.NNCCC1CC1. The average molecular weight is 173 g/mol. The van der Waals surface area contributed by atoms with Gasteiger partial charge in [0.15, 0.2) is 0 Å². The first-order valence-corrected chi connectivity index (χ1v) is 2.87. The Labute approximate surface area is 68.4 Å². The van der Waals surface area contributed by atoms with Gasteiger partial charge in [0.05, 0.1) is 0 Å². The Morgan fingerprint density at radius 1 is 1.33 bits per heavy atom. The highest BCUT2D eigenvalue weighted by Crippen LogP contribution is 2.31. The van der Waals surface area contributed by atoms with Gasteiger partial charge in [-0.1, -0.05) is 12.8 Å². The molecule has 0 bridgehead atoms. The van der Waals surface area contributed by atoms with Gasteiger partial charge in [-0.2, -0.15) is 0 Å². The summed E-state index contributed by atoms with van der Waals surface area (Å²) in [4.78, 5) is 0. The Balaban J connectivity index is 0. The Morgan fingerprint density at radius 3 is 2.22 bits per heavy atom. The summed E-state index contributed by atoms with van der Waals surface area (Å²) in [6, 6.07) is 0. The summed E-state index contributed by atoms with van der Waals surface area (Å²) in [5, 5.41) is 0. The molecule has 0 radical (unpaired) electrons. The van der Waals surface area contributed by atoms with Gasteiger partial charge in [-0.05, 0) is 12.3 Å². The van der Waals surface area contributed by atoms with E-state index < -0.39 is 0 Å². The number of hydrogen-bond donors (Lipinski definition) is 2. The van der Waals surface area contributed by atoms with E-state index >= 15 is 0 Å². The van der Waals surface area contributed by atoms with Crippen molar-refractivity contribution in [2.75, 3.05) is 6.54 Å². The molecule has 9 heavy (non-hydrogen) atoms. The third-order valence-corrected chi connectivity index (χ3v) is 1.39. The highest BCUT2D eigenvalue weighted by atomic mass is 35.5. The highest BCUT2D eigenvalue weighted by molar-refractivity contribution is 5.85. The van der Waals surface area contributed by atoms with Crippen LogP contribution in [0.25, 0.3) is 0 Å². The second kappa shape index (κ2) is 6.62. The van der Waals surface area contributed by atoms with Gasteiger partial charge >= 0.3 is 0 Å². The molecular weight excluding hydrogens is 159 g/mol. The van der Waals surface area contributed by atoms with Crippen molar-refractivity contribution in [3.05, 3.63) is 0 Å². The van der Waals surface area contributed by atoms with Crippen molar-refractivity contribution in [2.24, 2.45) is 11.8 Å². The molecule has 1 saturated carbocycles. The minimum atomic E-state index is 0. The van der Waals surface area contributed by atoms with E-state index in [1.165, 1.54) is 19.3 Å². The largest absolute Gasteiger partial charge is 0.271 e. The summed E-state index contributed by atoms with van der Waals surface area (Å²) in [5.74, 6) is 6.06. The van der Waals surface area contributed by atoms with Crippen molar-refractivity contribution >= 4 is 24.8 Å². The van der Waals surface area contributed by atoms with Gasteiger partial charge in [0, 0.05) is 6.54 Å². The molecule has 3 N–H and O–H groups in total. The smallest absolute Gasteiger partial charge is 0.01000 e. The summed E-state index contributed by atoms with van der Waals surface area (Å²) in [6.45, 7) is 0.991. The van der Waals surface area contributed by atoms with E-state index in [-0.39, 0.29) is 24.8 Å². The van der Waals surface area contributed by atoms with Crippen molar-refractivity contribution in [1.82, 2.24) is 5.43 Å². The molecule has 0 aromatic rings. The molecule has 1 aliphatic carbocycles. The van der Waals surface area contributed by atoms with E-state index in [1.54, 1.807) is 0 Å². The zero-order valence-corrected chi connectivity index (χ0v) is 6.93. The van der Waals surface area contributed by atoms with Crippen LogP contribution in [-0.4, -0.2) is 6.54 Å². The number of nitrogens with two attached hydrogens (primary N) is 1. The minimum Gasteiger partial charge on any atom is -0.271 e. The second-order valence-electron chi connectivity index (χ2n) is 2.19. The van der Waals surface area contributed by atoms with E-state index in [2.05, 4.69) is 5.43 Å². The van der Waals surface area contributed by atoms with E-state index in [9.17, 15) is 0 Å². The van der Waals surface area contributed by atoms with Crippen LogP contribution in [0.5, 0.6) is 0 Å². The zero-order valence-electron chi connectivity index (χ0n) is 5.30. The first kappa shape index (κ1) is 12.2. The number of nitrogens with one attached hydrogen (secondary N) is 1. The lowest BCUT2D eigenvalue weighted by atomic mass is 10.3. The maximum atomic E-state index is 5.05. The molecule has 0 aromatic heterocycles. The number of hydrazine groups is 1. The molecule has 0 saturated heterocycles. The number of rotatable bonds is 3. The summed E-state index contributed by atoms with van der Waals surface area (Å²) in [7, 11) is 0. The molecule has 1 rings (SSSR count). The van der Waals surface area contributed by atoms with Gasteiger partial charge < -0.3 is 0 Å². The Hall–Kier alpha value is 0.500. The molecular formula is C5H14Cl2N2. The van der Waals surface area contributed by atoms with Gasteiger partial charge in [0.2, 0.25) is 0 Å². The van der Waals surface area contributed by atoms with Crippen LogP contribution in [0.3, 0.4) is 0 Å². The van der Waals surface area contributed by atoms with Crippen LogP contribution in [0.2, 0.25) is 0 Å². The van der Waals surface area contributed by atoms with Crippen LogP contribution < -0.4 is 11.3 Å². The predicted molar refractivity (Wildman–Crippen MR) is 44.0 cm³/mol. The van der Waals surface area contributed by atoms with Crippen molar-refractivity contribution < 1.29 is 0 Å². The standard InChI is InChI=1S/C5H12N2.2ClH/c6-7-4-3-5-1-2-5;;/h5,7H,1-4,6H2;2*1H. The van der Waals surface area contributed by atoms with Crippen LogP contribution >= 0.6 is 24.8 Å². The maximum Gasteiger partial charge on any atom is 0.01000 e. The fourth-order valence-corrected chi connectivity index (χ4v) is 0.694. The third-order valence-electron chi connectivity index (χ3n) is 1.39. The van der Waals surface area contributed by atoms with Crippen molar-refractivity contribution in [3.63, 3.8) is 0 Å². The fraction of sp³-hybridized carbons (Fsp3) is 1.00. The van der Waals surface area contributed by atoms with Crippen LogP contribution in [0.4, 0.5) is 0 Å². The average Bonchev–Trinajstić information content (AvgIpc) is 2.42. The molecule has 1 fully saturated rings. The van der Waals surface area contributed by atoms with Crippen molar-refractivity contribution in [2.45, 2.75) is 19.3 Å². The molecule has 58 valence electrons. The second-order valence-corrected chi connectivity index (χ2v) is 2.19. The molecule has 0 unspecified atom stereocenters. The molecule has 0 aliphatic heterocycles. The first-order valence-electron chi connectivity index (χ1n) is 2.87. The van der Waals surface area contributed by atoms with E-state index in [1.807, 2.05) is 0 Å². The zero-order chi connectivity index (χ0) is 5.11. The topological polar surface area (TPSA) is 38.0 Å². The summed E-state index contributed by atoms with van der Waals surface area (Å²) >= 11 is 0. The fourth-order valence-electron chi connectivity index (χ4n) is 0.694. The van der Waals surface area contributed by atoms with Crippen molar-refractivity contribution in [3.8, 4) is 0 Å². The molecule has 0 amide bonds. The lowest BCUT2D eigenvalue weighted by Gasteiger charge is -1.91. The molecule has 0 atom stereocenters. The lowest BCUT2D eigenvalue weighted by Crippen LogP contribution is -2.23. The van der Waals surface area contributed by atoms with Crippen LogP contribution in [0.1, 0.15) is 19.3 Å². The summed E-state index contributed by atoms with van der Waals surface area (Å²) in [6.07, 6.45) is 4.14. The van der Waals surface area contributed by atoms with Gasteiger partial charge in [-0.3, -0.25) is 11.3 Å². The van der Waals surface area contributed by atoms with Gasteiger partial charge in [0.25, 0.3) is 0 Å². The van der Waals surface area contributed by atoms with Gasteiger partial charge in [-0.15, -0.1) is 24.8 Å². The summed E-state index contributed by atoms with van der Waals surface area (Å²) < 4.78 is 0. The van der Waals surface area contributed by atoms with Crippen LogP contribution in [0, 0.1) is 5.92 Å². The van der Waals surface area contributed by atoms with Gasteiger partial charge in [0.1, 0.15) is 0 Å². The van der Waals surface area contributed by atoms with E-state index in [0.717, 1.165) is 12.5 Å².